The van der Waals surface area contributed by atoms with Crippen molar-refractivity contribution in [1.82, 2.24) is 10.2 Å². The molecule has 194 valence electrons. The zero-order valence-corrected chi connectivity index (χ0v) is 21.9. The van der Waals surface area contributed by atoms with Crippen LogP contribution in [0.15, 0.2) is 0 Å². The van der Waals surface area contributed by atoms with Crippen LogP contribution in [0.25, 0.3) is 0 Å². The van der Waals surface area contributed by atoms with Crippen molar-refractivity contribution in [2.75, 3.05) is 32.9 Å². The smallest absolute Gasteiger partial charge is 0.246 e. The van der Waals surface area contributed by atoms with Gasteiger partial charge >= 0.3 is 0 Å². The fourth-order valence-corrected chi connectivity index (χ4v) is 3.12. The maximum atomic E-state index is 11.8. The molecule has 2 fully saturated rings. The van der Waals surface area contributed by atoms with Crippen molar-refractivity contribution in [2.45, 2.75) is 90.3 Å². The molecule has 34 heavy (non-hydrogen) atoms. The quantitative estimate of drug-likeness (QED) is 0.254. The van der Waals surface area contributed by atoms with E-state index in [1.165, 1.54) is 19.3 Å². The third kappa shape index (κ3) is 14.8. The standard InChI is InChI=1S/C16H23BN2O7S.C4H10.C3H8/c17-12(20)8-25-15-3-1-2-10(26-15)7-24-9-13(21)18-4-5-19-14(22)6-11(27)16(19)23;1-3-4-2;1-3-2/h10-11,15,27H,1-9H2,(H,18,21);3-4H2,1-2H3;3H2,1-2H3. The van der Waals surface area contributed by atoms with Crippen molar-refractivity contribution in [3.8, 4) is 0 Å². The van der Waals surface area contributed by atoms with Crippen LogP contribution in [0, 0.1) is 0 Å². The molecule has 2 aliphatic heterocycles. The first-order chi connectivity index (χ1) is 16.2. The molecule has 0 aromatic carbocycles. The highest BCUT2D eigenvalue weighted by molar-refractivity contribution is 7.81. The van der Waals surface area contributed by atoms with Gasteiger partial charge in [-0.05, 0) is 19.3 Å². The van der Waals surface area contributed by atoms with Crippen LogP contribution in [0.2, 0.25) is 0 Å². The van der Waals surface area contributed by atoms with Gasteiger partial charge in [0.15, 0.2) is 14.1 Å². The number of thiol groups is 1. The van der Waals surface area contributed by atoms with Gasteiger partial charge in [-0.2, -0.15) is 12.6 Å². The summed E-state index contributed by atoms with van der Waals surface area (Å²) in [6, 6.07) is 0. The van der Waals surface area contributed by atoms with Crippen molar-refractivity contribution in [3.05, 3.63) is 0 Å². The molecule has 9 nitrogen and oxygen atoms in total. The molecule has 2 aliphatic rings. The Kier molecular flexibility index (Phi) is 19.0. The topological polar surface area (TPSA) is 111 Å². The van der Waals surface area contributed by atoms with Crippen LogP contribution < -0.4 is 5.32 Å². The summed E-state index contributed by atoms with van der Waals surface area (Å²) in [5.74, 6) is -0.974. The predicted molar refractivity (Wildman–Crippen MR) is 134 cm³/mol. The molecule has 0 aromatic rings. The third-order valence-electron chi connectivity index (χ3n) is 4.64. The summed E-state index contributed by atoms with van der Waals surface area (Å²) in [4.78, 5) is 46.9. The van der Waals surface area contributed by atoms with E-state index in [-0.39, 0.29) is 63.2 Å². The maximum Gasteiger partial charge on any atom is 0.246 e. The summed E-state index contributed by atoms with van der Waals surface area (Å²) in [5, 5.41) is 2.00. The van der Waals surface area contributed by atoms with E-state index >= 15 is 0 Å². The molecule has 3 amide bonds. The van der Waals surface area contributed by atoms with Crippen molar-refractivity contribution in [1.29, 1.82) is 0 Å². The maximum absolute atomic E-state index is 11.8. The van der Waals surface area contributed by atoms with E-state index in [1.807, 2.05) is 0 Å². The molecule has 0 aromatic heterocycles. The predicted octanol–water partition coefficient (Wildman–Crippen LogP) is 2.01. The Balaban J connectivity index is 0.00000137. The Hall–Kier alpha value is -1.43. The van der Waals surface area contributed by atoms with Gasteiger partial charge < -0.3 is 24.3 Å². The number of hydrogen-bond acceptors (Lipinski definition) is 8. The second-order valence-corrected chi connectivity index (χ2v) is 8.69. The van der Waals surface area contributed by atoms with Gasteiger partial charge in [0, 0.05) is 19.5 Å². The van der Waals surface area contributed by atoms with Gasteiger partial charge in [-0.1, -0.05) is 47.0 Å². The molecule has 11 heteroatoms. The number of rotatable bonds is 11. The van der Waals surface area contributed by atoms with Gasteiger partial charge in [0.25, 0.3) is 0 Å². The van der Waals surface area contributed by atoms with E-state index in [0.29, 0.717) is 6.42 Å². The van der Waals surface area contributed by atoms with Crippen LogP contribution in [-0.2, 0) is 33.4 Å². The van der Waals surface area contributed by atoms with Crippen molar-refractivity contribution in [3.63, 3.8) is 0 Å². The fraction of sp³-hybridized carbons (Fsp3) is 0.826. The van der Waals surface area contributed by atoms with Gasteiger partial charge in [0.05, 0.1) is 24.6 Å². The lowest BCUT2D eigenvalue weighted by molar-refractivity contribution is -0.203. The Morgan fingerprint density at radius 2 is 1.79 bits per heavy atom. The summed E-state index contributed by atoms with van der Waals surface area (Å²) in [5.41, 5.74) is -0.559. The number of unbranched alkanes of at least 4 members (excludes halogenated alkanes) is 1. The number of nitrogens with one attached hydrogen (secondary N) is 1. The average Bonchev–Trinajstić information content (AvgIpc) is 3.04. The first kappa shape index (κ1) is 32.6. The largest absolute Gasteiger partial charge is 0.369 e. The minimum Gasteiger partial charge on any atom is -0.369 e. The molecule has 2 rings (SSSR count). The molecule has 3 atom stereocenters. The monoisotopic (exact) mass is 500 g/mol. The summed E-state index contributed by atoms with van der Waals surface area (Å²) in [6.45, 7) is 8.74. The van der Waals surface area contributed by atoms with E-state index in [4.69, 9.17) is 22.1 Å². The molecule has 2 heterocycles. The number of likely N-dealkylation sites (tertiary alicyclic amines) is 1. The summed E-state index contributed by atoms with van der Waals surface area (Å²) in [7, 11) is 5.03. The highest BCUT2D eigenvalue weighted by Crippen LogP contribution is 2.20. The molecule has 0 bridgehead atoms. The number of nitrogens with zero attached hydrogens (tertiary/aromatic N) is 1. The summed E-state index contributed by atoms with van der Waals surface area (Å²) in [6.07, 6.45) is 5.54. The van der Waals surface area contributed by atoms with Crippen LogP contribution in [0.3, 0.4) is 0 Å². The van der Waals surface area contributed by atoms with E-state index in [9.17, 15) is 19.2 Å². The zero-order valence-electron chi connectivity index (χ0n) is 21.0. The summed E-state index contributed by atoms with van der Waals surface area (Å²) >= 11 is 4.03. The third-order valence-corrected chi connectivity index (χ3v) is 5.04. The Morgan fingerprint density at radius 3 is 2.32 bits per heavy atom. The number of carbonyl (C=O) groups is 4. The fourth-order valence-electron chi connectivity index (χ4n) is 2.83. The Morgan fingerprint density at radius 1 is 1.15 bits per heavy atom. The van der Waals surface area contributed by atoms with Crippen LogP contribution in [0.1, 0.15) is 72.6 Å². The molecule has 2 radical (unpaired) electrons. The van der Waals surface area contributed by atoms with E-state index < -0.39 is 17.2 Å². The van der Waals surface area contributed by atoms with E-state index in [0.717, 1.165) is 17.7 Å². The molecule has 1 N–H and O–H groups in total. The van der Waals surface area contributed by atoms with E-state index in [1.54, 1.807) is 0 Å². The highest BCUT2D eigenvalue weighted by Gasteiger charge is 2.35. The normalized spacial score (nSPS) is 21.8. The number of carbonyl (C=O) groups excluding carboxylic acids is 4. The van der Waals surface area contributed by atoms with Gasteiger partial charge in [0.2, 0.25) is 17.7 Å². The average molecular weight is 500 g/mol. The lowest BCUT2D eigenvalue weighted by Gasteiger charge is -2.29. The van der Waals surface area contributed by atoms with Crippen LogP contribution in [-0.4, -0.2) is 86.7 Å². The molecular formula is C23H41BN2O7S. The van der Waals surface area contributed by atoms with Crippen LogP contribution in [0.4, 0.5) is 0 Å². The lowest BCUT2D eigenvalue weighted by Crippen LogP contribution is -2.40. The van der Waals surface area contributed by atoms with Crippen molar-refractivity contribution < 1.29 is 33.4 Å². The van der Waals surface area contributed by atoms with Crippen LogP contribution in [0.5, 0.6) is 0 Å². The van der Waals surface area contributed by atoms with Gasteiger partial charge in [-0.3, -0.25) is 19.3 Å². The molecule has 0 saturated carbocycles. The molecule has 0 aliphatic carbocycles. The minimum atomic E-state index is -0.595. The molecule has 2 saturated heterocycles. The number of ether oxygens (including phenoxy) is 3. The van der Waals surface area contributed by atoms with Crippen molar-refractivity contribution in [2.24, 2.45) is 0 Å². The SMILES string of the molecule is CCC.CCCC.[B]C(=O)COC1CCCC(COCC(=O)NCCN2C(=O)CC(S)C2=O)O1. The number of amides is 3. The Labute approximate surface area is 210 Å². The van der Waals surface area contributed by atoms with Gasteiger partial charge in [-0.25, -0.2) is 0 Å². The van der Waals surface area contributed by atoms with Crippen LogP contribution >= 0.6 is 12.6 Å². The first-order valence-electron chi connectivity index (χ1n) is 12.1. The summed E-state index contributed by atoms with van der Waals surface area (Å²) < 4.78 is 16.2. The second-order valence-electron chi connectivity index (χ2n) is 8.07. The molecular weight excluding hydrogens is 459 g/mol. The van der Waals surface area contributed by atoms with Gasteiger partial charge in [0.1, 0.15) is 12.3 Å². The van der Waals surface area contributed by atoms with E-state index in [2.05, 4.69) is 45.6 Å². The number of hydrogen-bond donors (Lipinski definition) is 2. The Bertz CT molecular complexity index is 622. The first-order valence-corrected chi connectivity index (χ1v) is 12.6. The van der Waals surface area contributed by atoms with Gasteiger partial charge in [-0.15, -0.1) is 0 Å². The highest BCUT2D eigenvalue weighted by atomic mass is 32.1. The minimum absolute atomic E-state index is 0.0878. The second kappa shape index (κ2) is 19.8. The molecule has 0 spiro atoms. The van der Waals surface area contributed by atoms with Crippen molar-refractivity contribution >= 4 is 43.9 Å². The lowest BCUT2D eigenvalue weighted by atomic mass is 10.0. The molecule has 3 unspecified atom stereocenters. The zero-order chi connectivity index (χ0) is 25.9. The number of imide groups is 1.